The summed E-state index contributed by atoms with van der Waals surface area (Å²) >= 11 is 0. The fraction of sp³-hybridized carbons (Fsp3) is 1.00. The molecule has 0 saturated carbocycles. The largest absolute Gasteiger partial charge is 0.412 e. The second-order valence-electron chi connectivity index (χ2n) is 4.69. The van der Waals surface area contributed by atoms with Crippen LogP contribution in [-0.2, 0) is 4.74 Å². The van der Waals surface area contributed by atoms with E-state index in [2.05, 4.69) is 28.1 Å². The van der Waals surface area contributed by atoms with Crippen LogP contribution in [0.3, 0.4) is 0 Å². The van der Waals surface area contributed by atoms with Crippen LogP contribution in [0.15, 0.2) is 0 Å². The van der Waals surface area contributed by atoms with Gasteiger partial charge in [-0.2, -0.15) is 0 Å². The van der Waals surface area contributed by atoms with E-state index in [0.29, 0.717) is 0 Å². The van der Waals surface area contributed by atoms with E-state index in [-0.39, 0.29) is 11.6 Å². The molecule has 0 amide bonds. The molecule has 5 N–H and O–H groups in total. The van der Waals surface area contributed by atoms with Crippen LogP contribution >= 0.6 is 0 Å². The normalized spacial score (nSPS) is 10.4. The van der Waals surface area contributed by atoms with Gasteiger partial charge in [0.15, 0.2) is 0 Å². The van der Waals surface area contributed by atoms with E-state index in [4.69, 9.17) is 4.74 Å². The lowest BCUT2D eigenvalue weighted by Crippen LogP contribution is -2.37. The summed E-state index contributed by atoms with van der Waals surface area (Å²) in [6.45, 7) is 5.18. The SMILES string of the molecule is CCCCCCOCC[N+](C)(C)C.N.O. The van der Waals surface area contributed by atoms with E-state index in [1.165, 1.54) is 25.7 Å². The van der Waals surface area contributed by atoms with Crippen LogP contribution in [0.1, 0.15) is 32.6 Å². The molecule has 0 heterocycles. The number of ether oxygens (including phenoxy) is 1. The average molecular weight is 223 g/mol. The second kappa shape index (κ2) is 11.9. The third-order valence-electron chi connectivity index (χ3n) is 2.05. The number of unbranched alkanes of at least 4 members (excludes halogenated alkanes) is 3. The summed E-state index contributed by atoms with van der Waals surface area (Å²) in [6.07, 6.45) is 5.20. The molecule has 4 nitrogen and oxygen atoms in total. The molecule has 0 aliphatic heterocycles. The van der Waals surface area contributed by atoms with Crippen LogP contribution in [0, 0.1) is 0 Å². The first-order chi connectivity index (χ1) is 6.06. The van der Waals surface area contributed by atoms with Crippen molar-refractivity contribution in [2.75, 3.05) is 40.9 Å². The molecule has 0 aromatic heterocycles. The van der Waals surface area contributed by atoms with Crippen molar-refractivity contribution in [2.45, 2.75) is 32.6 Å². The zero-order valence-corrected chi connectivity index (χ0v) is 11.0. The van der Waals surface area contributed by atoms with Crippen molar-refractivity contribution >= 4 is 0 Å². The van der Waals surface area contributed by atoms with Gasteiger partial charge in [-0.25, -0.2) is 0 Å². The fourth-order valence-corrected chi connectivity index (χ4v) is 1.07. The summed E-state index contributed by atoms with van der Waals surface area (Å²) in [7, 11) is 6.58. The van der Waals surface area contributed by atoms with Crippen molar-refractivity contribution in [3.63, 3.8) is 0 Å². The molecule has 0 atom stereocenters. The molecule has 0 spiro atoms. The molecule has 0 aliphatic rings. The Morgan fingerprint density at radius 2 is 1.53 bits per heavy atom. The van der Waals surface area contributed by atoms with E-state index in [1.807, 2.05) is 0 Å². The lowest BCUT2D eigenvalue weighted by molar-refractivity contribution is -0.870. The molecule has 0 fully saturated rings. The van der Waals surface area contributed by atoms with Crippen molar-refractivity contribution in [3.8, 4) is 0 Å². The summed E-state index contributed by atoms with van der Waals surface area (Å²) in [5.41, 5.74) is 0. The van der Waals surface area contributed by atoms with Crippen LogP contribution in [0.2, 0.25) is 0 Å². The molecule has 0 bridgehead atoms. The Hall–Kier alpha value is -0.160. The van der Waals surface area contributed by atoms with Gasteiger partial charge in [-0.1, -0.05) is 26.2 Å². The van der Waals surface area contributed by atoms with Crippen molar-refractivity contribution in [1.29, 1.82) is 0 Å². The smallest absolute Gasteiger partial charge is 0.102 e. The molecule has 0 unspecified atom stereocenters. The van der Waals surface area contributed by atoms with Gasteiger partial charge < -0.3 is 20.8 Å². The summed E-state index contributed by atoms with van der Waals surface area (Å²) < 4.78 is 6.54. The number of hydrogen-bond donors (Lipinski definition) is 1. The number of quaternary nitrogens is 1. The number of rotatable bonds is 8. The first-order valence-corrected chi connectivity index (χ1v) is 5.44. The van der Waals surface area contributed by atoms with Gasteiger partial charge in [0.25, 0.3) is 0 Å². The predicted octanol–water partition coefficient (Wildman–Crippen LogP) is 1.63. The van der Waals surface area contributed by atoms with Crippen molar-refractivity contribution in [2.24, 2.45) is 0 Å². The quantitative estimate of drug-likeness (QED) is 0.501. The first-order valence-electron chi connectivity index (χ1n) is 5.44. The van der Waals surface area contributed by atoms with E-state index in [9.17, 15) is 0 Å². The van der Waals surface area contributed by atoms with Gasteiger partial charge in [0.05, 0.1) is 27.7 Å². The topological polar surface area (TPSA) is 75.7 Å². The second-order valence-corrected chi connectivity index (χ2v) is 4.69. The molecule has 0 saturated heterocycles. The Morgan fingerprint density at radius 1 is 0.933 bits per heavy atom. The van der Waals surface area contributed by atoms with Crippen LogP contribution < -0.4 is 6.15 Å². The molecular formula is C11H31N2O2+. The van der Waals surface area contributed by atoms with Gasteiger partial charge in [-0.05, 0) is 6.42 Å². The van der Waals surface area contributed by atoms with Crippen molar-refractivity contribution < 1.29 is 14.7 Å². The molecule has 96 valence electrons. The van der Waals surface area contributed by atoms with Gasteiger partial charge in [0.1, 0.15) is 6.54 Å². The summed E-state index contributed by atoms with van der Waals surface area (Å²) in [5.74, 6) is 0. The Bertz CT molecular complexity index is 114. The van der Waals surface area contributed by atoms with Crippen LogP contribution in [0.5, 0.6) is 0 Å². The highest BCUT2D eigenvalue weighted by Crippen LogP contribution is 1.99. The highest BCUT2D eigenvalue weighted by molar-refractivity contribution is 4.39. The Morgan fingerprint density at radius 3 is 2.00 bits per heavy atom. The maximum Gasteiger partial charge on any atom is 0.102 e. The van der Waals surface area contributed by atoms with Gasteiger partial charge in [-0.3, -0.25) is 0 Å². The lowest BCUT2D eigenvalue weighted by Gasteiger charge is -2.23. The zero-order valence-electron chi connectivity index (χ0n) is 11.0. The molecule has 0 aromatic rings. The molecule has 4 heteroatoms. The molecule has 15 heavy (non-hydrogen) atoms. The summed E-state index contributed by atoms with van der Waals surface area (Å²) in [6, 6.07) is 0. The van der Waals surface area contributed by atoms with Crippen LogP contribution in [-0.4, -0.2) is 50.9 Å². The van der Waals surface area contributed by atoms with Gasteiger partial charge >= 0.3 is 0 Å². The van der Waals surface area contributed by atoms with E-state index in [0.717, 1.165) is 24.2 Å². The van der Waals surface area contributed by atoms with Gasteiger partial charge in [0, 0.05) is 6.61 Å². The standard InChI is InChI=1S/C11H26NO.H3N.H2O/c1-5-6-7-8-10-13-11-9-12(2,3)4;;/h5-11H2,1-4H3;1H3;1H2/q+1;;. The Kier molecular flexibility index (Phi) is 16.1. The van der Waals surface area contributed by atoms with Crippen LogP contribution in [0.25, 0.3) is 0 Å². The van der Waals surface area contributed by atoms with Gasteiger partial charge in [0.2, 0.25) is 0 Å². The summed E-state index contributed by atoms with van der Waals surface area (Å²) in [5, 5.41) is 0. The van der Waals surface area contributed by atoms with Crippen molar-refractivity contribution in [3.05, 3.63) is 0 Å². The fourth-order valence-electron chi connectivity index (χ4n) is 1.07. The highest BCUT2D eigenvalue weighted by Gasteiger charge is 2.04. The maximum absolute atomic E-state index is 5.54. The van der Waals surface area contributed by atoms with Crippen molar-refractivity contribution in [1.82, 2.24) is 6.15 Å². The third-order valence-corrected chi connectivity index (χ3v) is 2.05. The number of nitrogens with zero attached hydrogens (tertiary/aromatic N) is 1. The minimum Gasteiger partial charge on any atom is -0.412 e. The monoisotopic (exact) mass is 223 g/mol. The zero-order chi connectivity index (χ0) is 10.2. The lowest BCUT2D eigenvalue weighted by atomic mass is 10.2. The molecule has 0 radical (unpaired) electrons. The first kappa shape index (κ1) is 20.3. The Labute approximate surface area is 95.1 Å². The highest BCUT2D eigenvalue weighted by atomic mass is 16.5. The molecule has 0 aliphatic carbocycles. The third kappa shape index (κ3) is 20.0. The Balaban J connectivity index is -0.000000720. The maximum atomic E-state index is 5.54. The number of likely N-dealkylation sites (N-methyl/N-ethyl adjacent to an activating group) is 1. The predicted molar refractivity (Wildman–Crippen MR) is 66.5 cm³/mol. The summed E-state index contributed by atoms with van der Waals surface area (Å²) in [4.78, 5) is 0. The minimum absolute atomic E-state index is 0. The van der Waals surface area contributed by atoms with Crippen LogP contribution in [0.4, 0.5) is 0 Å². The van der Waals surface area contributed by atoms with E-state index >= 15 is 0 Å². The van der Waals surface area contributed by atoms with Gasteiger partial charge in [-0.15, -0.1) is 0 Å². The molecule has 0 aromatic carbocycles. The minimum atomic E-state index is 0. The van der Waals surface area contributed by atoms with E-state index in [1.54, 1.807) is 0 Å². The number of hydrogen-bond acceptors (Lipinski definition) is 2. The molecular weight excluding hydrogens is 192 g/mol. The average Bonchev–Trinajstić information content (AvgIpc) is 2.01. The molecule has 0 rings (SSSR count). The van der Waals surface area contributed by atoms with E-state index < -0.39 is 0 Å².